The summed E-state index contributed by atoms with van der Waals surface area (Å²) in [5, 5.41) is 0. The van der Waals surface area contributed by atoms with Gasteiger partial charge in [-0.1, -0.05) is 0 Å². The van der Waals surface area contributed by atoms with Crippen LogP contribution in [0.5, 0.6) is 0 Å². The Labute approximate surface area is 105 Å². The maximum Gasteiger partial charge on any atom is 0.316 e. The molecule has 0 aromatic heterocycles. The first-order valence-corrected chi connectivity index (χ1v) is 0. The van der Waals surface area contributed by atoms with E-state index in [0.717, 1.165) is 0 Å². The normalized spacial score (nSPS) is 0. The minimum Gasteiger partial charge on any atom is -0.147 e. The Balaban J connectivity index is 0. The van der Waals surface area contributed by atoms with Crippen molar-refractivity contribution in [3.05, 3.63) is 0 Å². The summed E-state index contributed by atoms with van der Waals surface area (Å²) in [5.41, 5.74) is 0. The predicted molar refractivity (Wildman–Crippen MR) is 47.4 cm³/mol. The molecule has 0 saturated carbocycles. The molecule has 0 saturated heterocycles. The summed E-state index contributed by atoms with van der Waals surface area (Å²) in [5.74, 6) is 0. The van der Waals surface area contributed by atoms with E-state index in [4.69, 9.17) is 0 Å². The van der Waals surface area contributed by atoms with Crippen molar-refractivity contribution in [2.75, 3.05) is 0 Å². The lowest BCUT2D eigenvalue weighted by Crippen LogP contribution is -0.382. The van der Waals surface area contributed by atoms with Gasteiger partial charge in [-0.15, -0.1) is 37.2 Å². The summed E-state index contributed by atoms with van der Waals surface area (Å²) in [6, 6.07) is 0. The Hall–Kier alpha value is 3.17. The molecular formula is H9Cl3Mg3. The summed E-state index contributed by atoms with van der Waals surface area (Å²) >= 11 is 0. The molecule has 0 rings (SSSR count). The Morgan fingerprint density at radius 3 is 0.333 bits per heavy atom. The smallest absolute Gasteiger partial charge is 0.147 e. The molecule has 0 aromatic carbocycles. The Bertz CT molecular complexity index is 6.00. The van der Waals surface area contributed by atoms with Gasteiger partial charge in [-0.05, 0) is 0 Å². The van der Waals surface area contributed by atoms with Crippen LogP contribution < -0.4 is 0 Å². The maximum atomic E-state index is 0. The van der Waals surface area contributed by atoms with Gasteiger partial charge in [0.25, 0.3) is 0 Å². The van der Waals surface area contributed by atoms with E-state index in [2.05, 4.69) is 0 Å². The highest BCUT2D eigenvalue weighted by Gasteiger charge is 0.318. The standard InChI is InChI=1S/3ClH.3Mg.6H/h3*1H;;;;;;;;;. The molecule has 0 amide bonds. The Morgan fingerprint density at radius 1 is 0.333 bits per heavy atom. The van der Waals surface area contributed by atoms with E-state index in [0.29, 0.717) is 0 Å². The van der Waals surface area contributed by atoms with Gasteiger partial charge >= 0.3 is 69.2 Å². The van der Waals surface area contributed by atoms with Gasteiger partial charge in [0, 0.05) is 0 Å². The van der Waals surface area contributed by atoms with Crippen LogP contribution in [0, 0.1) is 0 Å². The van der Waals surface area contributed by atoms with Gasteiger partial charge in [-0.3, -0.25) is 0 Å². The minimum atomic E-state index is 0. The highest BCUT2D eigenvalue weighted by atomic mass is 35.5. The van der Waals surface area contributed by atoms with Gasteiger partial charge in [0.05, 0.1) is 0 Å². The molecule has 0 aromatic rings. The molecule has 0 spiro atoms. The van der Waals surface area contributed by atoms with Crippen LogP contribution in [0.1, 0.15) is 0 Å². The molecule has 6 heavy (non-hydrogen) atoms. The topological polar surface area (TPSA) is 0 Å². The van der Waals surface area contributed by atoms with Crippen molar-refractivity contribution in [2.24, 2.45) is 0 Å². The molecule has 0 aliphatic rings. The third kappa shape index (κ3) is 27.2. The molecule has 0 fully saturated rings. The Morgan fingerprint density at radius 2 is 0.333 bits per heavy atom. The maximum absolute atomic E-state index is 0. The fourth-order valence-corrected chi connectivity index (χ4v) is 0. The molecule has 0 unspecified atom stereocenters. The van der Waals surface area contributed by atoms with Crippen molar-refractivity contribution in [1.29, 1.82) is 0 Å². The summed E-state index contributed by atoms with van der Waals surface area (Å²) in [6.07, 6.45) is 0. The second-order valence-electron chi connectivity index (χ2n) is 0. The fourth-order valence-electron chi connectivity index (χ4n) is 0. The van der Waals surface area contributed by atoms with Crippen LogP contribution in [0.3, 0.4) is 0 Å². The van der Waals surface area contributed by atoms with E-state index in [1.807, 2.05) is 0 Å². The van der Waals surface area contributed by atoms with Gasteiger partial charge in [0.1, 0.15) is 0 Å². The van der Waals surface area contributed by atoms with E-state index in [9.17, 15) is 0 Å². The molecule has 0 nitrogen and oxygen atoms in total. The number of rotatable bonds is 0. The molecule has 0 heterocycles. The predicted octanol–water partition coefficient (Wildman–Crippen LogP) is -1.48. The zero-order valence-corrected chi connectivity index (χ0v) is 3.67. The van der Waals surface area contributed by atoms with Crippen LogP contribution in [0.25, 0.3) is 0 Å². The van der Waals surface area contributed by atoms with E-state index < -0.39 is 0 Å². The van der Waals surface area contributed by atoms with E-state index >= 15 is 0 Å². The second kappa shape index (κ2) is 41.8. The zero-order chi connectivity index (χ0) is 0. The molecule has 0 N–H and O–H groups in total. The van der Waals surface area contributed by atoms with Crippen LogP contribution in [-0.2, 0) is 0 Å². The first-order chi connectivity index (χ1) is 0. The average molecular weight is 188 g/mol. The van der Waals surface area contributed by atoms with Gasteiger partial charge in [-0.2, -0.15) is 0 Å². The average Bonchev–Trinajstić information content (AvgIpc) is 0. The Kier molecular flexibility index (Phi) is 425. The van der Waals surface area contributed by atoms with Crippen molar-refractivity contribution in [2.45, 2.75) is 0 Å². The number of hydrogen-bond acceptors (Lipinski definition) is 0. The second-order valence-corrected chi connectivity index (χ2v) is 0. The summed E-state index contributed by atoms with van der Waals surface area (Å²) < 4.78 is 0. The SMILES string of the molecule is Cl.Cl.Cl.[MgH2].[MgH2].[MgH2]. The summed E-state index contributed by atoms with van der Waals surface area (Å²) in [7, 11) is 0. The number of halogens is 3. The van der Waals surface area contributed by atoms with Gasteiger partial charge in [-0.25, -0.2) is 0 Å². The molecule has 0 aliphatic carbocycles. The van der Waals surface area contributed by atoms with E-state index in [1.54, 1.807) is 0 Å². The molecule has 0 aliphatic heterocycles. The van der Waals surface area contributed by atoms with Crippen molar-refractivity contribution in [1.82, 2.24) is 0 Å². The third-order valence-corrected chi connectivity index (χ3v) is 0. The summed E-state index contributed by atoms with van der Waals surface area (Å²) in [4.78, 5) is 0. The third-order valence-electron chi connectivity index (χ3n) is 0. The van der Waals surface area contributed by atoms with Crippen molar-refractivity contribution < 1.29 is 0 Å². The molecular weight excluding hydrogens is 179 g/mol. The minimum absolute atomic E-state index is 0. The highest BCUT2D eigenvalue weighted by Crippen LogP contribution is 0.692. The number of hydrogen-bond donors (Lipinski definition) is 0. The van der Waals surface area contributed by atoms with Gasteiger partial charge < -0.3 is 0 Å². The van der Waals surface area contributed by atoms with Crippen LogP contribution >= 0.6 is 37.2 Å². The first-order valence-electron chi connectivity index (χ1n) is 0. The summed E-state index contributed by atoms with van der Waals surface area (Å²) in [6.45, 7) is 0. The van der Waals surface area contributed by atoms with Crippen molar-refractivity contribution in [3.63, 3.8) is 0 Å². The monoisotopic (exact) mass is 186 g/mol. The molecule has 0 radical (unpaired) electrons. The first kappa shape index (κ1) is 60.9. The van der Waals surface area contributed by atoms with Gasteiger partial charge in [0.15, 0.2) is 0 Å². The highest BCUT2D eigenvalue weighted by molar-refractivity contribution is 5.86. The molecule has 36 valence electrons. The van der Waals surface area contributed by atoms with Crippen molar-refractivity contribution >= 4 is 106 Å². The largest absolute Gasteiger partial charge is 0.316 e. The fraction of sp³-hybridized carbons (Fsp3) is 0. The van der Waals surface area contributed by atoms with Crippen molar-refractivity contribution in [3.8, 4) is 0 Å². The van der Waals surface area contributed by atoms with Crippen LogP contribution in [0.4, 0.5) is 0 Å². The lowest BCUT2D eigenvalue weighted by atomic mass is 24.3. The van der Waals surface area contributed by atoms with Crippen LogP contribution in [0.2, 0.25) is 0 Å². The van der Waals surface area contributed by atoms with E-state index in [1.165, 1.54) is 0 Å². The van der Waals surface area contributed by atoms with E-state index in [-0.39, 0.29) is 106 Å². The lowest BCUT2D eigenvalue weighted by molar-refractivity contribution is 5.75. The van der Waals surface area contributed by atoms with Crippen LogP contribution in [-0.4, -0.2) is 69.2 Å². The lowest BCUT2D eigenvalue weighted by Gasteiger charge is -0.148. The zero-order valence-electron chi connectivity index (χ0n) is 1.22. The van der Waals surface area contributed by atoms with Crippen LogP contribution in [0.15, 0.2) is 0 Å². The molecule has 6 heteroatoms. The van der Waals surface area contributed by atoms with Gasteiger partial charge in [0.2, 0.25) is 0 Å². The molecule has 0 atom stereocenters. The quantitative estimate of drug-likeness (QED) is 0.407. The molecule has 0 bridgehead atoms.